The molecule has 1 aliphatic rings. The SMILES string of the molecule is CCOC(=O)C1(c2ccccc2)CCN(CCOc2ccccc2)CC1. The summed E-state index contributed by atoms with van der Waals surface area (Å²) in [5, 5.41) is 0. The van der Waals surface area contributed by atoms with E-state index in [9.17, 15) is 4.79 Å². The fourth-order valence-electron chi connectivity index (χ4n) is 3.60. The third-order valence-corrected chi connectivity index (χ3v) is 5.12. The molecule has 0 aromatic heterocycles. The average molecular weight is 353 g/mol. The number of likely N-dealkylation sites (tertiary alicyclic amines) is 1. The highest BCUT2D eigenvalue weighted by atomic mass is 16.5. The topological polar surface area (TPSA) is 38.8 Å². The summed E-state index contributed by atoms with van der Waals surface area (Å²) in [7, 11) is 0. The molecule has 1 fully saturated rings. The van der Waals surface area contributed by atoms with Gasteiger partial charge in [-0.3, -0.25) is 9.69 Å². The van der Waals surface area contributed by atoms with Gasteiger partial charge in [0.05, 0.1) is 12.0 Å². The highest BCUT2D eigenvalue weighted by Crippen LogP contribution is 2.36. The molecule has 0 aliphatic carbocycles. The van der Waals surface area contributed by atoms with Crippen LogP contribution in [0.15, 0.2) is 60.7 Å². The molecule has 2 aromatic rings. The van der Waals surface area contributed by atoms with Crippen molar-refractivity contribution in [3.8, 4) is 5.75 Å². The van der Waals surface area contributed by atoms with E-state index >= 15 is 0 Å². The van der Waals surface area contributed by atoms with Crippen LogP contribution >= 0.6 is 0 Å². The number of benzene rings is 2. The largest absolute Gasteiger partial charge is 0.492 e. The van der Waals surface area contributed by atoms with Crippen LogP contribution in [0.25, 0.3) is 0 Å². The summed E-state index contributed by atoms with van der Waals surface area (Å²) in [4.78, 5) is 15.1. The van der Waals surface area contributed by atoms with E-state index in [0.717, 1.165) is 43.8 Å². The van der Waals surface area contributed by atoms with Crippen LogP contribution < -0.4 is 4.74 Å². The van der Waals surface area contributed by atoms with Crippen LogP contribution in [0.1, 0.15) is 25.3 Å². The van der Waals surface area contributed by atoms with Crippen molar-refractivity contribution >= 4 is 5.97 Å². The van der Waals surface area contributed by atoms with Gasteiger partial charge in [0, 0.05) is 6.54 Å². The molecule has 0 atom stereocenters. The quantitative estimate of drug-likeness (QED) is 0.712. The van der Waals surface area contributed by atoms with Gasteiger partial charge in [0.15, 0.2) is 0 Å². The molecule has 4 heteroatoms. The van der Waals surface area contributed by atoms with Gasteiger partial charge in [-0.1, -0.05) is 48.5 Å². The molecule has 4 nitrogen and oxygen atoms in total. The van der Waals surface area contributed by atoms with E-state index in [2.05, 4.69) is 4.90 Å². The second-order valence-electron chi connectivity index (χ2n) is 6.67. The Morgan fingerprint density at radius 3 is 2.23 bits per heavy atom. The van der Waals surface area contributed by atoms with E-state index in [1.54, 1.807) is 0 Å². The molecule has 0 radical (unpaired) electrons. The van der Waals surface area contributed by atoms with Crippen molar-refractivity contribution in [2.75, 3.05) is 32.8 Å². The number of carbonyl (C=O) groups excluding carboxylic acids is 1. The van der Waals surface area contributed by atoms with Gasteiger partial charge < -0.3 is 9.47 Å². The number of hydrogen-bond donors (Lipinski definition) is 0. The lowest BCUT2D eigenvalue weighted by Crippen LogP contribution is -2.48. The first-order valence-corrected chi connectivity index (χ1v) is 9.37. The molecule has 0 unspecified atom stereocenters. The molecule has 1 heterocycles. The maximum atomic E-state index is 12.8. The van der Waals surface area contributed by atoms with Gasteiger partial charge in [-0.15, -0.1) is 0 Å². The third-order valence-electron chi connectivity index (χ3n) is 5.12. The van der Waals surface area contributed by atoms with E-state index < -0.39 is 5.41 Å². The number of carbonyl (C=O) groups is 1. The van der Waals surface area contributed by atoms with Gasteiger partial charge >= 0.3 is 5.97 Å². The average Bonchev–Trinajstić information content (AvgIpc) is 2.70. The Morgan fingerprint density at radius 2 is 1.62 bits per heavy atom. The molecular weight excluding hydrogens is 326 g/mol. The second kappa shape index (κ2) is 8.86. The zero-order chi connectivity index (χ0) is 18.2. The van der Waals surface area contributed by atoms with Crippen molar-refractivity contribution in [2.24, 2.45) is 0 Å². The van der Waals surface area contributed by atoms with Crippen molar-refractivity contribution in [3.05, 3.63) is 66.2 Å². The van der Waals surface area contributed by atoms with Crippen molar-refractivity contribution in [3.63, 3.8) is 0 Å². The molecule has 26 heavy (non-hydrogen) atoms. The molecular formula is C22H27NO3. The van der Waals surface area contributed by atoms with E-state index in [1.165, 1.54) is 0 Å². The zero-order valence-corrected chi connectivity index (χ0v) is 15.4. The van der Waals surface area contributed by atoms with Gasteiger partial charge in [-0.25, -0.2) is 0 Å². The monoisotopic (exact) mass is 353 g/mol. The number of esters is 1. The lowest BCUT2D eigenvalue weighted by atomic mass is 9.72. The first kappa shape index (κ1) is 18.5. The van der Waals surface area contributed by atoms with Crippen LogP contribution in [0.4, 0.5) is 0 Å². The van der Waals surface area contributed by atoms with Gasteiger partial charge in [0.2, 0.25) is 0 Å². The minimum atomic E-state index is -0.520. The Labute approximate surface area is 155 Å². The summed E-state index contributed by atoms with van der Waals surface area (Å²) in [6.07, 6.45) is 1.56. The molecule has 138 valence electrons. The third kappa shape index (κ3) is 4.25. The van der Waals surface area contributed by atoms with Gasteiger partial charge in [-0.2, -0.15) is 0 Å². The van der Waals surface area contributed by atoms with Crippen LogP contribution in [0.2, 0.25) is 0 Å². The van der Waals surface area contributed by atoms with Crippen molar-refractivity contribution in [1.82, 2.24) is 4.90 Å². The maximum Gasteiger partial charge on any atom is 0.316 e. The lowest BCUT2D eigenvalue weighted by molar-refractivity contribution is -0.152. The Kier molecular flexibility index (Phi) is 6.29. The Hall–Kier alpha value is -2.33. The smallest absolute Gasteiger partial charge is 0.316 e. The maximum absolute atomic E-state index is 12.8. The molecule has 0 saturated carbocycles. The predicted octanol–water partition coefficient (Wildman–Crippen LogP) is 3.66. The Morgan fingerprint density at radius 1 is 1.00 bits per heavy atom. The van der Waals surface area contributed by atoms with E-state index in [1.807, 2.05) is 67.6 Å². The van der Waals surface area contributed by atoms with E-state index in [4.69, 9.17) is 9.47 Å². The van der Waals surface area contributed by atoms with Crippen LogP contribution in [-0.2, 0) is 14.9 Å². The van der Waals surface area contributed by atoms with Crippen LogP contribution in [-0.4, -0.2) is 43.7 Å². The number of para-hydroxylation sites is 1. The molecule has 0 spiro atoms. The van der Waals surface area contributed by atoms with Crippen LogP contribution in [0.5, 0.6) is 5.75 Å². The normalized spacial score (nSPS) is 16.8. The van der Waals surface area contributed by atoms with Crippen molar-refractivity contribution in [1.29, 1.82) is 0 Å². The first-order valence-electron chi connectivity index (χ1n) is 9.37. The van der Waals surface area contributed by atoms with Crippen LogP contribution in [0, 0.1) is 0 Å². The lowest BCUT2D eigenvalue weighted by Gasteiger charge is -2.40. The second-order valence-corrected chi connectivity index (χ2v) is 6.67. The van der Waals surface area contributed by atoms with E-state index in [-0.39, 0.29) is 5.97 Å². The highest BCUT2D eigenvalue weighted by Gasteiger charge is 2.44. The zero-order valence-electron chi connectivity index (χ0n) is 15.4. The standard InChI is InChI=1S/C22H27NO3/c1-2-25-21(24)22(19-9-5-3-6-10-19)13-15-23(16-14-22)17-18-26-20-11-7-4-8-12-20/h3-12H,2,13-18H2,1H3. The molecule has 0 bridgehead atoms. The van der Waals surface area contributed by atoms with Crippen molar-refractivity contribution in [2.45, 2.75) is 25.2 Å². The fourth-order valence-corrected chi connectivity index (χ4v) is 3.60. The number of hydrogen-bond acceptors (Lipinski definition) is 4. The molecule has 1 saturated heterocycles. The van der Waals surface area contributed by atoms with Gasteiger partial charge in [0.25, 0.3) is 0 Å². The molecule has 3 rings (SSSR count). The number of nitrogens with zero attached hydrogens (tertiary/aromatic N) is 1. The summed E-state index contributed by atoms with van der Waals surface area (Å²) < 4.78 is 11.2. The first-order chi connectivity index (χ1) is 12.7. The molecule has 1 aliphatic heterocycles. The number of ether oxygens (including phenoxy) is 2. The summed E-state index contributed by atoms with van der Waals surface area (Å²) in [5.74, 6) is 0.807. The minimum Gasteiger partial charge on any atom is -0.492 e. The highest BCUT2D eigenvalue weighted by molar-refractivity contribution is 5.83. The molecule has 0 N–H and O–H groups in total. The number of rotatable bonds is 7. The minimum absolute atomic E-state index is 0.0913. The molecule has 2 aromatic carbocycles. The Bertz CT molecular complexity index is 679. The fraction of sp³-hybridized carbons (Fsp3) is 0.409. The Balaban J connectivity index is 1.59. The molecule has 0 amide bonds. The predicted molar refractivity (Wildman–Crippen MR) is 102 cm³/mol. The summed E-state index contributed by atoms with van der Waals surface area (Å²) >= 11 is 0. The number of piperidine rings is 1. The van der Waals surface area contributed by atoms with Gasteiger partial charge in [-0.05, 0) is 50.6 Å². The summed E-state index contributed by atoms with van der Waals surface area (Å²) in [5.41, 5.74) is 0.548. The van der Waals surface area contributed by atoms with Crippen LogP contribution in [0.3, 0.4) is 0 Å². The summed E-state index contributed by atoms with van der Waals surface area (Å²) in [6, 6.07) is 19.9. The van der Waals surface area contributed by atoms with Gasteiger partial charge in [0.1, 0.15) is 12.4 Å². The summed E-state index contributed by atoms with van der Waals surface area (Å²) in [6.45, 7) is 5.54. The van der Waals surface area contributed by atoms with Crippen molar-refractivity contribution < 1.29 is 14.3 Å². The van der Waals surface area contributed by atoms with E-state index in [0.29, 0.717) is 13.2 Å².